The van der Waals surface area contributed by atoms with Crippen molar-refractivity contribution in [3.63, 3.8) is 0 Å². The van der Waals surface area contributed by atoms with Crippen LogP contribution in [0.25, 0.3) is 0 Å². The lowest BCUT2D eigenvalue weighted by atomic mass is 9.89. The Morgan fingerprint density at radius 1 is 1.39 bits per heavy atom. The Kier molecular flexibility index (Phi) is 5.82. The van der Waals surface area contributed by atoms with Crippen LogP contribution in [0, 0.1) is 5.41 Å². The largest absolute Gasteiger partial charge is 0.409 e. The summed E-state index contributed by atoms with van der Waals surface area (Å²) >= 11 is 7.66. The van der Waals surface area contributed by atoms with Crippen LogP contribution in [-0.2, 0) is 5.75 Å². The SMILES string of the molecule is CC(C)(CCSCc1ccc(Cl)cc1)/C(N)=N/O. The topological polar surface area (TPSA) is 58.6 Å². The van der Waals surface area contributed by atoms with Crippen molar-refractivity contribution < 1.29 is 5.21 Å². The van der Waals surface area contributed by atoms with Gasteiger partial charge in [0.2, 0.25) is 0 Å². The molecule has 0 fully saturated rings. The van der Waals surface area contributed by atoms with Gasteiger partial charge in [0, 0.05) is 16.2 Å². The molecular weight excluding hydrogens is 268 g/mol. The number of hydrogen-bond acceptors (Lipinski definition) is 3. The molecule has 0 heterocycles. The van der Waals surface area contributed by atoms with Gasteiger partial charge in [-0.2, -0.15) is 11.8 Å². The normalized spacial score (nSPS) is 12.7. The highest BCUT2D eigenvalue weighted by atomic mass is 35.5. The summed E-state index contributed by atoms with van der Waals surface area (Å²) in [6.45, 7) is 3.95. The Bertz CT molecular complexity index is 404. The zero-order valence-corrected chi connectivity index (χ0v) is 12.3. The van der Waals surface area contributed by atoms with Crippen LogP contribution in [0.15, 0.2) is 29.4 Å². The molecule has 0 aliphatic heterocycles. The summed E-state index contributed by atoms with van der Waals surface area (Å²) < 4.78 is 0. The van der Waals surface area contributed by atoms with Gasteiger partial charge in [-0.1, -0.05) is 42.7 Å². The summed E-state index contributed by atoms with van der Waals surface area (Å²) in [5.41, 5.74) is 6.63. The average Bonchev–Trinajstić information content (AvgIpc) is 2.35. The van der Waals surface area contributed by atoms with E-state index in [0.29, 0.717) is 0 Å². The number of benzene rings is 1. The second-order valence-corrected chi connectivity index (χ2v) is 6.34. The minimum absolute atomic E-state index is 0.262. The van der Waals surface area contributed by atoms with E-state index in [1.54, 1.807) is 0 Å². The first-order valence-electron chi connectivity index (χ1n) is 5.76. The first kappa shape index (κ1) is 15.2. The molecule has 0 radical (unpaired) electrons. The highest BCUT2D eigenvalue weighted by molar-refractivity contribution is 7.98. The van der Waals surface area contributed by atoms with Crippen LogP contribution < -0.4 is 5.73 Å². The highest BCUT2D eigenvalue weighted by Crippen LogP contribution is 2.24. The molecule has 1 aromatic rings. The number of thioether (sulfide) groups is 1. The first-order valence-corrected chi connectivity index (χ1v) is 7.29. The van der Waals surface area contributed by atoms with Crippen molar-refractivity contribution in [1.29, 1.82) is 0 Å². The Morgan fingerprint density at radius 2 is 2.00 bits per heavy atom. The fourth-order valence-electron chi connectivity index (χ4n) is 1.36. The molecule has 1 rings (SSSR count). The summed E-state index contributed by atoms with van der Waals surface area (Å²) in [7, 11) is 0. The number of amidine groups is 1. The number of halogens is 1. The molecule has 0 atom stereocenters. The summed E-state index contributed by atoms with van der Waals surface area (Å²) in [6, 6.07) is 7.86. The maximum absolute atomic E-state index is 8.67. The fourth-order valence-corrected chi connectivity index (χ4v) is 2.71. The molecule has 0 saturated heterocycles. The second kappa shape index (κ2) is 6.90. The van der Waals surface area contributed by atoms with Crippen molar-refractivity contribution in [2.45, 2.75) is 26.0 Å². The van der Waals surface area contributed by atoms with Gasteiger partial charge in [0.15, 0.2) is 0 Å². The van der Waals surface area contributed by atoms with Crippen LogP contribution in [0.1, 0.15) is 25.8 Å². The molecule has 1 aromatic carbocycles. The van der Waals surface area contributed by atoms with E-state index in [2.05, 4.69) is 5.16 Å². The van der Waals surface area contributed by atoms with Crippen molar-refractivity contribution in [2.24, 2.45) is 16.3 Å². The van der Waals surface area contributed by atoms with Crippen LogP contribution in [0.2, 0.25) is 5.02 Å². The average molecular weight is 287 g/mol. The molecule has 3 nitrogen and oxygen atoms in total. The Balaban J connectivity index is 2.33. The highest BCUT2D eigenvalue weighted by Gasteiger charge is 2.22. The molecular formula is C13H19ClN2OS. The third-order valence-electron chi connectivity index (χ3n) is 2.85. The third-order valence-corrected chi connectivity index (χ3v) is 4.14. The minimum atomic E-state index is -0.262. The molecule has 0 bridgehead atoms. The van der Waals surface area contributed by atoms with Crippen molar-refractivity contribution in [2.75, 3.05) is 5.75 Å². The van der Waals surface area contributed by atoms with Gasteiger partial charge in [0.05, 0.1) is 0 Å². The zero-order chi connectivity index (χ0) is 13.6. The van der Waals surface area contributed by atoms with E-state index in [9.17, 15) is 0 Å². The minimum Gasteiger partial charge on any atom is -0.409 e. The van der Waals surface area contributed by atoms with Crippen LogP contribution in [0.3, 0.4) is 0 Å². The van der Waals surface area contributed by atoms with Gasteiger partial charge in [-0.3, -0.25) is 0 Å². The first-order chi connectivity index (χ1) is 8.45. The number of hydrogen-bond donors (Lipinski definition) is 2. The van der Waals surface area contributed by atoms with Crippen molar-refractivity contribution in [3.05, 3.63) is 34.9 Å². The van der Waals surface area contributed by atoms with Crippen LogP contribution in [0.4, 0.5) is 0 Å². The summed E-state index contributed by atoms with van der Waals surface area (Å²) in [4.78, 5) is 0. The molecule has 0 unspecified atom stereocenters. The maximum Gasteiger partial charge on any atom is 0.144 e. The molecule has 0 saturated carbocycles. The van der Waals surface area contributed by atoms with E-state index in [4.69, 9.17) is 22.5 Å². The molecule has 100 valence electrons. The second-order valence-electron chi connectivity index (χ2n) is 4.80. The van der Waals surface area contributed by atoms with Crippen LogP contribution in [-0.4, -0.2) is 16.8 Å². The summed E-state index contributed by atoms with van der Waals surface area (Å²) in [5.74, 6) is 2.20. The Labute approximate surface area is 117 Å². The monoisotopic (exact) mass is 286 g/mol. The third kappa shape index (κ3) is 4.78. The molecule has 0 spiro atoms. The predicted molar refractivity (Wildman–Crippen MR) is 79.4 cm³/mol. The predicted octanol–water partition coefficient (Wildman–Crippen LogP) is 3.74. The maximum atomic E-state index is 8.67. The van der Waals surface area contributed by atoms with Crippen LogP contribution in [0.5, 0.6) is 0 Å². The van der Waals surface area contributed by atoms with Gasteiger partial charge in [-0.05, 0) is 29.9 Å². The quantitative estimate of drug-likeness (QED) is 0.275. The van der Waals surface area contributed by atoms with E-state index in [-0.39, 0.29) is 11.3 Å². The van der Waals surface area contributed by atoms with Gasteiger partial charge < -0.3 is 10.9 Å². The van der Waals surface area contributed by atoms with Crippen molar-refractivity contribution in [1.82, 2.24) is 0 Å². The van der Waals surface area contributed by atoms with Crippen molar-refractivity contribution >= 4 is 29.2 Å². The Hall–Kier alpha value is -0.870. The number of nitrogens with two attached hydrogens (primary N) is 1. The van der Waals surface area contributed by atoms with E-state index in [0.717, 1.165) is 22.9 Å². The molecule has 0 aromatic heterocycles. The smallest absolute Gasteiger partial charge is 0.144 e. The number of nitrogens with zero attached hydrogens (tertiary/aromatic N) is 1. The zero-order valence-electron chi connectivity index (χ0n) is 10.7. The Morgan fingerprint density at radius 3 is 2.56 bits per heavy atom. The standard InChI is InChI=1S/C13H19ClN2OS/c1-13(2,12(15)16-17)7-8-18-9-10-3-5-11(14)6-4-10/h3-6,17H,7-9H2,1-2H3,(H2,15,16). The van der Waals surface area contributed by atoms with E-state index in [1.807, 2.05) is 49.9 Å². The van der Waals surface area contributed by atoms with Gasteiger partial charge in [-0.15, -0.1) is 0 Å². The van der Waals surface area contributed by atoms with Gasteiger partial charge in [-0.25, -0.2) is 0 Å². The number of rotatable bonds is 6. The van der Waals surface area contributed by atoms with Gasteiger partial charge in [0.25, 0.3) is 0 Å². The molecule has 18 heavy (non-hydrogen) atoms. The van der Waals surface area contributed by atoms with Crippen molar-refractivity contribution in [3.8, 4) is 0 Å². The molecule has 5 heteroatoms. The van der Waals surface area contributed by atoms with E-state index in [1.165, 1.54) is 5.56 Å². The fraction of sp³-hybridized carbons (Fsp3) is 0.462. The molecule has 0 aliphatic rings. The summed E-state index contributed by atoms with van der Waals surface area (Å²) in [5, 5.41) is 12.5. The lowest BCUT2D eigenvalue weighted by Crippen LogP contribution is -2.32. The van der Waals surface area contributed by atoms with Gasteiger partial charge >= 0.3 is 0 Å². The molecule has 0 amide bonds. The van der Waals surface area contributed by atoms with Crippen LogP contribution >= 0.6 is 23.4 Å². The lowest BCUT2D eigenvalue weighted by Gasteiger charge is -2.22. The molecule has 3 N–H and O–H groups in total. The van der Waals surface area contributed by atoms with Gasteiger partial charge in [0.1, 0.15) is 5.84 Å². The van der Waals surface area contributed by atoms with E-state index >= 15 is 0 Å². The van der Waals surface area contributed by atoms with E-state index < -0.39 is 0 Å². The molecule has 0 aliphatic carbocycles. The number of oxime groups is 1. The lowest BCUT2D eigenvalue weighted by molar-refractivity contribution is 0.307. The summed E-state index contributed by atoms with van der Waals surface area (Å²) in [6.07, 6.45) is 0.876.